The van der Waals surface area contributed by atoms with Gasteiger partial charge in [0.15, 0.2) is 0 Å². The Hall–Kier alpha value is -1.93. The highest BCUT2D eigenvalue weighted by Crippen LogP contribution is 2.18. The smallest absolute Gasteiger partial charge is 0.270 e. The average Bonchev–Trinajstić information content (AvgIpc) is 2.41. The number of carbonyl (C=O) groups is 1. The van der Waals surface area contributed by atoms with E-state index in [1.54, 1.807) is 6.07 Å². The molecule has 1 amide bonds. The molecule has 0 radical (unpaired) electrons. The highest BCUT2D eigenvalue weighted by Gasteiger charge is 2.25. The Morgan fingerprint density at radius 1 is 1.44 bits per heavy atom. The summed E-state index contributed by atoms with van der Waals surface area (Å²) >= 11 is 0. The molecule has 5 nitrogen and oxygen atoms in total. The Bertz CT molecular complexity index is 464. The van der Waals surface area contributed by atoms with Crippen LogP contribution in [0.3, 0.4) is 0 Å². The number of nitrogens with one attached hydrogen (secondary N) is 1. The minimum absolute atomic E-state index is 0.191. The molecule has 0 spiro atoms. The van der Waals surface area contributed by atoms with Crippen LogP contribution < -0.4 is 5.32 Å². The van der Waals surface area contributed by atoms with Crippen molar-refractivity contribution in [2.75, 3.05) is 0 Å². The van der Waals surface area contributed by atoms with Gasteiger partial charge >= 0.3 is 0 Å². The maximum Gasteiger partial charge on any atom is 0.270 e. The van der Waals surface area contributed by atoms with Crippen molar-refractivity contribution in [3.63, 3.8) is 0 Å². The number of amides is 1. The van der Waals surface area contributed by atoms with Crippen molar-refractivity contribution in [3.05, 3.63) is 29.6 Å². The molecule has 0 bridgehead atoms. The first-order valence-electron chi connectivity index (χ1n) is 6.06. The summed E-state index contributed by atoms with van der Waals surface area (Å²) in [5.74, 6) is -0.301. The highest BCUT2D eigenvalue weighted by molar-refractivity contribution is 5.92. The van der Waals surface area contributed by atoms with E-state index in [2.05, 4.69) is 10.3 Å². The quantitative estimate of drug-likeness (QED) is 0.813. The zero-order valence-corrected chi connectivity index (χ0v) is 9.97. The average molecular weight is 245 g/mol. The molecule has 1 aromatic heterocycles. The monoisotopic (exact) mass is 245 g/mol. The second-order valence-electron chi connectivity index (χ2n) is 4.48. The summed E-state index contributed by atoms with van der Waals surface area (Å²) in [7, 11) is 0. The normalized spacial score (nSPS) is 23.1. The van der Waals surface area contributed by atoms with E-state index in [-0.39, 0.29) is 17.6 Å². The third kappa shape index (κ3) is 2.84. The standard InChI is InChI=1S/C13H15N3O2/c14-7-9-5-6-11(15-8-9)13(18)16-10-3-1-2-4-12(10)17/h5-6,8,10,12,17H,1-4H2,(H,16,18). The SMILES string of the molecule is N#Cc1ccc(C(=O)NC2CCCCC2O)nc1. The molecular weight excluding hydrogens is 230 g/mol. The number of aromatic nitrogens is 1. The predicted octanol–water partition coefficient (Wildman–Crippen LogP) is 0.987. The van der Waals surface area contributed by atoms with Crippen LogP contribution in [0.15, 0.2) is 18.3 Å². The Morgan fingerprint density at radius 3 is 2.83 bits per heavy atom. The summed E-state index contributed by atoms with van der Waals surface area (Å²) in [5, 5.41) is 21.2. The molecule has 2 N–H and O–H groups in total. The van der Waals surface area contributed by atoms with Gasteiger partial charge in [-0.2, -0.15) is 5.26 Å². The summed E-state index contributed by atoms with van der Waals surface area (Å²) < 4.78 is 0. The van der Waals surface area contributed by atoms with Crippen molar-refractivity contribution in [2.24, 2.45) is 0 Å². The van der Waals surface area contributed by atoms with Crippen LogP contribution in [0.4, 0.5) is 0 Å². The third-order valence-corrected chi connectivity index (χ3v) is 3.17. The van der Waals surface area contributed by atoms with Gasteiger partial charge in [0.05, 0.1) is 17.7 Å². The number of aliphatic hydroxyl groups excluding tert-OH is 1. The van der Waals surface area contributed by atoms with Gasteiger partial charge in [-0.05, 0) is 25.0 Å². The maximum absolute atomic E-state index is 11.9. The zero-order valence-electron chi connectivity index (χ0n) is 9.97. The third-order valence-electron chi connectivity index (χ3n) is 3.17. The number of hydrogen-bond donors (Lipinski definition) is 2. The van der Waals surface area contributed by atoms with Gasteiger partial charge in [-0.1, -0.05) is 12.8 Å². The molecule has 2 unspecified atom stereocenters. The molecule has 94 valence electrons. The summed E-state index contributed by atoms with van der Waals surface area (Å²) in [6, 6.07) is 4.83. The van der Waals surface area contributed by atoms with Gasteiger partial charge in [0.25, 0.3) is 5.91 Å². The number of aliphatic hydroxyl groups is 1. The van der Waals surface area contributed by atoms with E-state index in [9.17, 15) is 9.90 Å². The van der Waals surface area contributed by atoms with Crippen molar-refractivity contribution in [1.29, 1.82) is 5.26 Å². The van der Waals surface area contributed by atoms with Crippen LogP contribution in [-0.2, 0) is 0 Å². The fourth-order valence-electron chi connectivity index (χ4n) is 2.12. The van der Waals surface area contributed by atoms with E-state index in [0.717, 1.165) is 25.7 Å². The molecule has 1 aromatic rings. The van der Waals surface area contributed by atoms with E-state index >= 15 is 0 Å². The van der Waals surface area contributed by atoms with E-state index in [4.69, 9.17) is 5.26 Å². The van der Waals surface area contributed by atoms with Crippen molar-refractivity contribution < 1.29 is 9.90 Å². The van der Waals surface area contributed by atoms with Gasteiger partial charge in [0.1, 0.15) is 11.8 Å². The van der Waals surface area contributed by atoms with Gasteiger partial charge in [-0.25, -0.2) is 4.98 Å². The molecule has 18 heavy (non-hydrogen) atoms. The summed E-state index contributed by atoms with van der Waals surface area (Å²) in [6.07, 6.45) is 4.44. The highest BCUT2D eigenvalue weighted by atomic mass is 16.3. The lowest BCUT2D eigenvalue weighted by Gasteiger charge is -2.28. The first-order valence-corrected chi connectivity index (χ1v) is 6.06. The molecule has 0 aliphatic heterocycles. The number of hydrogen-bond acceptors (Lipinski definition) is 4. The van der Waals surface area contributed by atoms with Gasteiger partial charge < -0.3 is 10.4 Å². The summed E-state index contributed by atoms with van der Waals surface area (Å²) in [6.45, 7) is 0. The fraction of sp³-hybridized carbons (Fsp3) is 0.462. The molecule has 5 heteroatoms. The maximum atomic E-state index is 11.9. The van der Waals surface area contributed by atoms with Crippen LogP contribution in [0.25, 0.3) is 0 Å². The molecular formula is C13H15N3O2. The molecule has 1 heterocycles. The molecule has 1 saturated carbocycles. The topological polar surface area (TPSA) is 86.0 Å². The summed E-state index contributed by atoms with van der Waals surface area (Å²) in [4.78, 5) is 15.8. The number of carbonyl (C=O) groups excluding carboxylic acids is 1. The lowest BCUT2D eigenvalue weighted by molar-refractivity contribution is 0.0714. The number of nitriles is 1. The predicted molar refractivity (Wildman–Crippen MR) is 64.7 cm³/mol. The first kappa shape index (κ1) is 12.5. The lowest BCUT2D eigenvalue weighted by atomic mass is 9.92. The zero-order chi connectivity index (χ0) is 13.0. The van der Waals surface area contributed by atoms with Crippen LogP contribution >= 0.6 is 0 Å². The summed E-state index contributed by atoms with van der Waals surface area (Å²) in [5.41, 5.74) is 0.691. The van der Waals surface area contributed by atoms with Gasteiger partial charge in [0, 0.05) is 6.20 Å². The van der Waals surface area contributed by atoms with E-state index < -0.39 is 6.10 Å². The van der Waals surface area contributed by atoms with Gasteiger partial charge in [0.2, 0.25) is 0 Å². The van der Waals surface area contributed by atoms with Crippen molar-refractivity contribution in [3.8, 4) is 6.07 Å². The van der Waals surface area contributed by atoms with Crippen molar-refractivity contribution >= 4 is 5.91 Å². The minimum Gasteiger partial charge on any atom is -0.391 e. The molecule has 1 aliphatic carbocycles. The Labute approximate surface area is 105 Å². The Balaban J connectivity index is 2.00. The number of pyridine rings is 1. The van der Waals surface area contributed by atoms with Crippen LogP contribution in [0.5, 0.6) is 0 Å². The van der Waals surface area contributed by atoms with Crippen molar-refractivity contribution in [2.45, 2.75) is 37.8 Å². The second-order valence-corrected chi connectivity index (χ2v) is 4.48. The van der Waals surface area contributed by atoms with Gasteiger partial charge in [-0.15, -0.1) is 0 Å². The van der Waals surface area contributed by atoms with Crippen molar-refractivity contribution in [1.82, 2.24) is 10.3 Å². The number of rotatable bonds is 2. The van der Waals surface area contributed by atoms with Crippen LogP contribution in [-0.4, -0.2) is 28.1 Å². The lowest BCUT2D eigenvalue weighted by Crippen LogP contribution is -2.45. The molecule has 0 aromatic carbocycles. The fourth-order valence-corrected chi connectivity index (χ4v) is 2.12. The van der Waals surface area contributed by atoms with Crippen LogP contribution in [0.1, 0.15) is 41.7 Å². The Morgan fingerprint density at radius 2 is 2.22 bits per heavy atom. The van der Waals surface area contributed by atoms with Gasteiger partial charge in [-0.3, -0.25) is 4.79 Å². The molecule has 1 aliphatic rings. The molecule has 1 fully saturated rings. The van der Waals surface area contributed by atoms with E-state index in [0.29, 0.717) is 5.56 Å². The van der Waals surface area contributed by atoms with E-state index in [1.807, 2.05) is 6.07 Å². The molecule has 0 saturated heterocycles. The second kappa shape index (κ2) is 5.61. The van der Waals surface area contributed by atoms with Crippen LogP contribution in [0, 0.1) is 11.3 Å². The molecule has 2 rings (SSSR count). The number of nitrogens with zero attached hydrogens (tertiary/aromatic N) is 2. The molecule has 2 atom stereocenters. The largest absolute Gasteiger partial charge is 0.391 e. The minimum atomic E-state index is -0.471. The first-order chi connectivity index (χ1) is 8.70. The Kier molecular flexibility index (Phi) is 3.90. The van der Waals surface area contributed by atoms with E-state index in [1.165, 1.54) is 12.3 Å². The van der Waals surface area contributed by atoms with Crippen LogP contribution in [0.2, 0.25) is 0 Å².